The van der Waals surface area contributed by atoms with E-state index in [2.05, 4.69) is 25.1 Å². The molecule has 2 saturated heterocycles. The van der Waals surface area contributed by atoms with E-state index in [-0.39, 0.29) is 6.09 Å². The predicted molar refractivity (Wildman–Crippen MR) is 160 cm³/mol. The van der Waals surface area contributed by atoms with Crippen molar-refractivity contribution in [1.29, 1.82) is 0 Å². The SMILES string of the molecule is CC(C)(C)OC(=O)N1CCN(c2ncccc2OCC2CC2)CC1.c1cnc(N2CCNCC2)c(OCC2CC2)c1. The average Bonchev–Trinajstić information content (AvgIpc) is 3.91. The maximum Gasteiger partial charge on any atom is 0.410 e. The number of pyridine rings is 2. The van der Waals surface area contributed by atoms with Crippen LogP contribution in [-0.4, -0.2) is 92.1 Å². The van der Waals surface area contributed by atoms with Gasteiger partial charge in [0.2, 0.25) is 0 Å². The summed E-state index contributed by atoms with van der Waals surface area (Å²) in [5, 5.41) is 3.35. The molecule has 2 aliphatic heterocycles. The minimum atomic E-state index is -0.459. The predicted octanol–water partition coefficient (Wildman–Crippen LogP) is 4.21. The zero-order valence-electron chi connectivity index (χ0n) is 24.9. The lowest BCUT2D eigenvalue weighted by Crippen LogP contribution is -2.50. The molecule has 10 nitrogen and oxygen atoms in total. The van der Waals surface area contributed by atoms with E-state index < -0.39 is 5.60 Å². The highest BCUT2D eigenvalue weighted by atomic mass is 16.6. The largest absolute Gasteiger partial charge is 0.489 e. The number of amides is 1. The summed E-state index contributed by atoms with van der Waals surface area (Å²) in [7, 11) is 0. The van der Waals surface area contributed by atoms with Crippen molar-refractivity contribution in [3.63, 3.8) is 0 Å². The Balaban J connectivity index is 0.000000174. The maximum absolute atomic E-state index is 12.2. The lowest BCUT2D eigenvalue weighted by Gasteiger charge is -2.36. The standard InChI is InChI=1S/C18H27N3O3.C13H19N3O/c1-18(2,3)24-17(22)21-11-9-20(10-12-21)16-15(5-4-8-19-16)23-13-14-6-7-14;1-2-12(17-10-11-3-4-11)13(15-5-1)16-8-6-14-7-9-16/h4-5,8,14H,6-7,9-13H2,1-3H3;1-2,5,11,14H,3-4,6-10H2. The van der Waals surface area contributed by atoms with E-state index in [4.69, 9.17) is 14.2 Å². The third-order valence-corrected chi connectivity index (χ3v) is 7.49. The summed E-state index contributed by atoms with van der Waals surface area (Å²) in [6.07, 6.45) is 8.58. The van der Waals surface area contributed by atoms with Crippen LogP contribution < -0.4 is 24.6 Å². The van der Waals surface area contributed by atoms with Gasteiger partial charge in [-0.3, -0.25) is 0 Å². The van der Waals surface area contributed by atoms with Gasteiger partial charge in [0.25, 0.3) is 0 Å². The Morgan fingerprint density at radius 3 is 1.76 bits per heavy atom. The molecule has 0 atom stereocenters. The highest BCUT2D eigenvalue weighted by molar-refractivity contribution is 5.68. The summed E-state index contributed by atoms with van der Waals surface area (Å²) in [6, 6.07) is 7.87. The Morgan fingerprint density at radius 1 is 0.805 bits per heavy atom. The van der Waals surface area contributed by atoms with Crippen molar-refractivity contribution in [1.82, 2.24) is 20.2 Å². The van der Waals surface area contributed by atoms with Crippen molar-refractivity contribution >= 4 is 17.7 Å². The number of carbonyl (C=O) groups is 1. The topological polar surface area (TPSA) is 92.3 Å². The van der Waals surface area contributed by atoms with Gasteiger partial charge in [0, 0.05) is 64.8 Å². The molecule has 0 aromatic carbocycles. The highest BCUT2D eigenvalue weighted by Crippen LogP contribution is 2.33. The van der Waals surface area contributed by atoms with Gasteiger partial charge >= 0.3 is 6.09 Å². The second kappa shape index (κ2) is 13.6. The quantitative estimate of drug-likeness (QED) is 0.505. The van der Waals surface area contributed by atoms with E-state index in [9.17, 15) is 4.79 Å². The molecule has 0 spiro atoms. The number of aromatic nitrogens is 2. The van der Waals surface area contributed by atoms with E-state index in [1.54, 1.807) is 11.1 Å². The van der Waals surface area contributed by atoms with Crippen molar-refractivity contribution in [2.24, 2.45) is 11.8 Å². The Morgan fingerprint density at radius 2 is 1.29 bits per heavy atom. The zero-order valence-corrected chi connectivity index (χ0v) is 24.9. The monoisotopic (exact) mass is 566 g/mol. The van der Waals surface area contributed by atoms with E-state index in [1.807, 2.05) is 51.2 Å². The molecule has 2 aliphatic carbocycles. The summed E-state index contributed by atoms with van der Waals surface area (Å²) >= 11 is 0. The van der Waals surface area contributed by atoms with Crippen LogP contribution in [0.1, 0.15) is 46.5 Å². The van der Waals surface area contributed by atoms with Crippen LogP contribution in [0, 0.1) is 11.8 Å². The molecule has 41 heavy (non-hydrogen) atoms. The third kappa shape index (κ3) is 9.11. The minimum Gasteiger partial charge on any atom is -0.489 e. The van der Waals surface area contributed by atoms with Gasteiger partial charge in [0.05, 0.1) is 13.2 Å². The first-order valence-electron chi connectivity index (χ1n) is 15.2. The van der Waals surface area contributed by atoms with Crippen LogP contribution in [0.4, 0.5) is 16.4 Å². The molecule has 0 unspecified atom stereocenters. The lowest BCUT2D eigenvalue weighted by atomic mass is 10.2. The second-order valence-corrected chi connectivity index (χ2v) is 12.4. The Bertz CT molecular complexity index is 1120. The van der Waals surface area contributed by atoms with Crippen LogP contribution in [-0.2, 0) is 4.74 Å². The minimum absolute atomic E-state index is 0.242. The smallest absolute Gasteiger partial charge is 0.410 e. The third-order valence-electron chi connectivity index (χ3n) is 7.49. The van der Waals surface area contributed by atoms with E-state index in [0.717, 1.165) is 81.5 Å². The molecule has 4 aliphatic rings. The lowest BCUT2D eigenvalue weighted by molar-refractivity contribution is 0.0240. The number of nitrogens with zero attached hydrogens (tertiary/aromatic N) is 5. The number of hydrogen-bond donors (Lipinski definition) is 1. The molecule has 1 N–H and O–H groups in total. The normalized spacial score (nSPS) is 19.2. The summed E-state index contributed by atoms with van der Waals surface area (Å²) in [5.74, 6) is 5.17. The molecular formula is C31H46N6O4. The zero-order chi connectivity index (χ0) is 28.7. The van der Waals surface area contributed by atoms with Crippen molar-refractivity contribution in [2.75, 3.05) is 75.4 Å². The van der Waals surface area contributed by atoms with E-state index in [1.165, 1.54) is 25.7 Å². The molecule has 2 aromatic heterocycles. The molecule has 2 aromatic rings. The molecule has 10 heteroatoms. The van der Waals surface area contributed by atoms with Gasteiger partial charge in [-0.15, -0.1) is 0 Å². The fraction of sp³-hybridized carbons (Fsp3) is 0.645. The average molecular weight is 567 g/mol. The molecule has 6 rings (SSSR count). The Hall–Kier alpha value is -3.27. The number of ether oxygens (including phenoxy) is 3. The molecule has 224 valence electrons. The number of piperazine rings is 2. The van der Waals surface area contributed by atoms with Crippen LogP contribution in [0.5, 0.6) is 11.5 Å². The van der Waals surface area contributed by atoms with Crippen LogP contribution in [0.15, 0.2) is 36.7 Å². The molecule has 1 amide bonds. The van der Waals surface area contributed by atoms with Crippen LogP contribution in [0.3, 0.4) is 0 Å². The molecule has 4 fully saturated rings. The molecule has 2 saturated carbocycles. The number of rotatable bonds is 8. The first kappa shape index (κ1) is 29.2. The van der Waals surface area contributed by atoms with Crippen molar-refractivity contribution in [2.45, 2.75) is 52.1 Å². The highest BCUT2D eigenvalue weighted by Gasteiger charge is 2.28. The van der Waals surface area contributed by atoms with Crippen molar-refractivity contribution in [3.8, 4) is 11.5 Å². The molecule has 0 bridgehead atoms. The van der Waals surface area contributed by atoms with Crippen LogP contribution in [0.25, 0.3) is 0 Å². The summed E-state index contributed by atoms with van der Waals surface area (Å²) in [6.45, 7) is 14.1. The van der Waals surface area contributed by atoms with E-state index in [0.29, 0.717) is 19.0 Å². The number of anilines is 2. The second-order valence-electron chi connectivity index (χ2n) is 12.4. The van der Waals surface area contributed by atoms with Crippen molar-refractivity contribution < 1.29 is 19.0 Å². The van der Waals surface area contributed by atoms with Gasteiger partial charge in [-0.05, 0) is 82.6 Å². The summed E-state index contributed by atoms with van der Waals surface area (Å²) in [4.78, 5) is 27.4. The van der Waals surface area contributed by atoms with Gasteiger partial charge in [0.15, 0.2) is 23.1 Å². The number of hydrogen-bond acceptors (Lipinski definition) is 9. The molecular weight excluding hydrogens is 520 g/mol. The first-order valence-corrected chi connectivity index (χ1v) is 15.2. The van der Waals surface area contributed by atoms with Crippen LogP contribution in [0.2, 0.25) is 0 Å². The molecule has 4 heterocycles. The van der Waals surface area contributed by atoms with Crippen LogP contribution >= 0.6 is 0 Å². The maximum atomic E-state index is 12.2. The Kier molecular flexibility index (Phi) is 9.69. The molecule has 0 radical (unpaired) electrons. The van der Waals surface area contributed by atoms with Gasteiger partial charge < -0.3 is 34.2 Å². The first-order chi connectivity index (χ1) is 19.9. The van der Waals surface area contributed by atoms with Gasteiger partial charge in [-0.2, -0.15) is 0 Å². The van der Waals surface area contributed by atoms with Crippen molar-refractivity contribution in [3.05, 3.63) is 36.7 Å². The fourth-order valence-electron chi connectivity index (χ4n) is 4.75. The Labute approximate surface area is 244 Å². The van der Waals surface area contributed by atoms with Gasteiger partial charge in [-0.1, -0.05) is 0 Å². The summed E-state index contributed by atoms with van der Waals surface area (Å²) < 4.78 is 17.3. The van der Waals surface area contributed by atoms with Gasteiger partial charge in [0.1, 0.15) is 5.60 Å². The summed E-state index contributed by atoms with van der Waals surface area (Å²) in [5.41, 5.74) is -0.459. The number of carbonyl (C=O) groups excluding carboxylic acids is 1. The van der Waals surface area contributed by atoms with E-state index >= 15 is 0 Å². The fourth-order valence-corrected chi connectivity index (χ4v) is 4.75. The number of nitrogens with one attached hydrogen (secondary N) is 1. The van der Waals surface area contributed by atoms with Gasteiger partial charge in [-0.25, -0.2) is 14.8 Å².